The van der Waals surface area contributed by atoms with Gasteiger partial charge >= 0.3 is 0 Å². The molecule has 0 aliphatic carbocycles. The molecule has 176 valence electrons. The number of nitrogens with one attached hydrogen (secondary N) is 1. The van der Waals surface area contributed by atoms with Crippen LogP contribution in [0.3, 0.4) is 0 Å². The lowest BCUT2D eigenvalue weighted by Gasteiger charge is -2.19. The van der Waals surface area contributed by atoms with Crippen LogP contribution in [-0.2, 0) is 16.0 Å². The Morgan fingerprint density at radius 2 is 1.80 bits per heavy atom. The van der Waals surface area contributed by atoms with E-state index in [0.717, 1.165) is 11.8 Å². The van der Waals surface area contributed by atoms with Gasteiger partial charge in [0.25, 0.3) is 5.91 Å². The number of hydrogen-bond acceptors (Lipinski definition) is 5. The van der Waals surface area contributed by atoms with E-state index in [1.54, 1.807) is 73.8 Å². The Kier molecular flexibility index (Phi) is 7.67. The van der Waals surface area contributed by atoms with Gasteiger partial charge in [0.2, 0.25) is 5.91 Å². The van der Waals surface area contributed by atoms with Crippen molar-refractivity contribution in [1.29, 1.82) is 5.26 Å². The number of halogens is 2. The van der Waals surface area contributed by atoms with Crippen LogP contribution < -0.4 is 15.0 Å². The van der Waals surface area contributed by atoms with Crippen molar-refractivity contribution < 1.29 is 14.3 Å². The van der Waals surface area contributed by atoms with Crippen molar-refractivity contribution in [2.24, 2.45) is 0 Å². The molecule has 0 saturated carbocycles. The molecule has 0 aromatic heterocycles. The Morgan fingerprint density at radius 1 is 1.09 bits per heavy atom. The predicted molar refractivity (Wildman–Crippen MR) is 140 cm³/mol. The molecular weight excluding hydrogens is 505 g/mol. The summed E-state index contributed by atoms with van der Waals surface area (Å²) in [6, 6.07) is 22.9. The third-order valence-electron chi connectivity index (χ3n) is 5.30. The van der Waals surface area contributed by atoms with Gasteiger partial charge in [0.05, 0.1) is 22.4 Å². The highest BCUT2D eigenvalue weighted by molar-refractivity contribution is 8.05. The number of para-hydroxylation sites is 1. The molecule has 2 amide bonds. The molecule has 4 rings (SSSR count). The molecule has 1 aliphatic rings. The molecule has 3 aromatic rings. The fraction of sp³-hybridized carbons (Fsp3) is 0.115. The van der Waals surface area contributed by atoms with Gasteiger partial charge < -0.3 is 10.1 Å². The van der Waals surface area contributed by atoms with E-state index in [1.165, 1.54) is 4.90 Å². The molecule has 1 aliphatic heterocycles. The molecule has 9 heteroatoms. The van der Waals surface area contributed by atoms with Crippen LogP contribution in [0.5, 0.6) is 5.75 Å². The average molecular weight is 524 g/mol. The summed E-state index contributed by atoms with van der Waals surface area (Å²) >= 11 is 13.7. The number of nitrogens with zero attached hydrogens (tertiary/aromatic N) is 2. The van der Waals surface area contributed by atoms with Crippen LogP contribution in [0.4, 0.5) is 11.4 Å². The van der Waals surface area contributed by atoms with Gasteiger partial charge in [0, 0.05) is 11.4 Å². The second kappa shape index (κ2) is 10.9. The lowest BCUT2D eigenvalue weighted by Crippen LogP contribution is -2.31. The van der Waals surface area contributed by atoms with E-state index in [4.69, 9.17) is 27.9 Å². The first-order chi connectivity index (χ1) is 16.9. The first-order valence-electron chi connectivity index (χ1n) is 10.5. The van der Waals surface area contributed by atoms with Crippen molar-refractivity contribution >= 4 is 58.2 Å². The molecule has 1 unspecified atom stereocenters. The molecule has 1 heterocycles. The summed E-state index contributed by atoms with van der Waals surface area (Å²) in [6.45, 7) is 0. The second-order valence-corrected chi connectivity index (χ2v) is 9.48. The third-order valence-corrected chi connectivity index (χ3v) is 7.43. The minimum absolute atomic E-state index is 0.164. The number of carbonyl (C=O) groups is 2. The van der Waals surface area contributed by atoms with Crippen LogP contribution in [0, 0.1) is 11.3 Å². The van der Waals surface area contributed by atoms with Gasteiger partial charge in [-0.3, -0.25) is 14.5 Å². The topological polar surface area (TPSA) is 82.4 Å². The SMILES string of the molecule is COc1ccc(N2C(=O)C(Cc3cccc(Cl)c3Cl)S/C2=C(/C#N)C(=O)Nc2ccccc2)cc1. The highest BCUT2D eigenvalue weighted by atomic mass is 35.5. The van der Waals surface area contributed by atoms with Gasteiger partial charge in [-0.2, -0.15) is 5.26 Å². The van der Waals surface area contributed by atoms with Crippen LogP contribution in [0.1, 0.15) is 5.56 Å². The molecule has 6 nitrogen and oxygen atoms in total. The quantitative estimate of drug-likeness (QED) is 0.313. The number of methoxy groups -OCH3 is 1. The number of ether oxygens (including phenoxy) is 1. The van der Waals surface area contributed by atoms with E-state index in [0.29, 0.717) is 32.7 Å². The maximum atomic E-state index is 13.6. The molecule has 0 radical (unpaired) electrons. The first-order valence-corrected chi connectivity index (χ1v) is 12.1. The Labute approximate surface area is 217 Å². The summed E-state index contributed by atoms with van der Waals surface area (Å²) in [5, 5.41) is 13.1. The number of benzene rings is 3. The van der Waals surface area contributed by atoms with Gasteiger partial charge in [-0.1, -0.05) is 65.3 Å². The Morgan fingerprint density at radius 3 is 2.46 bits per heavy atom. The van der Waals surface area contributed by atoms with Gasteiger partial charge in [-0.25, -0.2) is 0 Å². The molecule has 1 N–H and O–H groups in total. The standard InChI is InChI=1S/C26H19Cl2N3O3S/c1-34-19-12-10-18(11-13-19)31-25(33)22(14-16-6-5-9-21(27)23(16)28)35-26(31)20(15-29)24(32)30-17-7-3-2-4-8-17/h2-13,22H,14H2,1H3,(H,30,32)/b26-20-. The van der Waals surface area contributed by atoms with Crippen molar-refractivity contribution in [1.82, 2.24) is 0 Å². The number of nitriles is 1. The first kappa shape index (κ1) is 24.7. The van der Waals surface area contributed by atoms with Crippen LogP contribution in [-0.4, -0.2) is 24.2 Å². The smallest absolute Gasteiger partial charge is 0.269 e. The number of amides is 2. The number of rotatable bonds is 6. The van der Waals surface area contributed by atoms with Crippen molar-refractivity contribution in [3.05, 3.63) is 99.0 Å². The number of carbonyl (C=O) groups excluding carboxylic acids is 2. The molecule has 0 spiro atoms. The van der Waals surface area contributed by atoms with Crippen molar-refractivity contribution in [3.8, 4) is 11.8 Å². The predicted octanol–water partition coefficient (Wildman–Crippen LogP) is 6.07. The maximum Gasteiger partial charge on any atom is 0.269 e. The zero-order valence-corrected chi connectivity index (χ0v) is 20.8. The van der Waals surface area contributed by atoms with Crippen molar-refractivity contribution in [3.63, 3.8) is 0 Å². The van der Waals surface area contributed by atoms with Crippen LogP contribution >= 0.6 is 35.0 Å². The molecule has 35 heavy (non-hydrogen) atoms. The van der Waals surface area contributed by atoms with E-state index in [9.17, 15) is 14.9 Å². The third kappa shape index (κ3) is 5.30. The van der Waals surface area contributed by atoms with E-state index >= 15 is 0 Å². The summed E-state index contributed by atoms with van der Waals surface area (Å²) < 4.78 is 5.22. The van der Waals surface area contributed by atoms with Crippen LogP contribution in [0.25, 0.3) is 0 Å². The lowest BCUT2D eigenvalue weighted by atomic mass is 10.1. The molecule has 1 saturated heterocycles. The van der Waals surface area contributed by atoms with E-state index in [-0.39, 0.29) is 22.9 Å². The second-order valence-electron chi connectivity index (χ2n) is 7.51. The summed E-state index contributed by atoms with van der Waals surface area (Å²) in [4.78, 5) is 28.1. The zero-order valence-electron chi connectivity index (χ0n) is 18.5. The van der Waals surface area contributed by atoms with Crippen molar-refractivity contribution in [2.45, 2.75) is 11.7 Å². The highest BCUT2D eigenvalue weighted by Gasteiger charge is 2.41. The summed E-state index contributed by atoms with van der Waals surface area (Å²) in [6.07, 6.45) is 0.276. The average Bonchev–Trinajstić information content (AvgIpc) is 3.18. The molecule has 3 aromatic carbocycles. The Bertz CT molecular complexity index is 1340. The van der Waals surface area contributed by atoms with E-state index < -0.39 is 11.2 Å². The normalized spacial score (nSPS) is 16.6. The number of thioether (sulfide) groups is 1. The van der Waals surface area contributed by atoms with E-state index in [2.05, 4.69) is 5.32 Å². The largest absolute Gasteiger partial charge is 0.497 e. The van der Waals surface area contributed by atoms with Crippen LogP contribution in [0.2, 0.25) is 10.0 Å². The Hall–Kier alpha value is -3.44. The minimum atomic E-state index is -0.615. The zero-order chi connectivity index (χ0) is 24.9. The van der Waals surface area contributed by atoms with Gasteiger partial charge in [-0.05, 0) is 54.4 Å². The Balaban J connectivity index is 1.74. The molecule has 1 atom stereocenters. The fourth-order valence-corrected chi connectivity index (χ4v) is 5.27. The summed E-state index contributed by atoms with van der Waals surface area (Å²) in [5.41, 5.74) is 1.59. The summed E-state index contributed by atoms with van der Waals surface area (Å²) in [7, 11) is 1.55. The molecule has 1 fully saturated rings. The van der Waals surface area contributed by atoms with Gasteiger partial charge in [-0.15, -0.1) is 0 Å². The number of anilines is 2. The highest BCUT2D eigenvalue weighted by Crippen LogP contribution is 2.43. The minimum Gasteiger partial charge on any atom is -0.497 e. The van der Waals surface area contributed by atoms with Gasteiger partial charge in [0.15, 0.2) is 0 Å². The lowest BCUT2D eigenvalue weighted by molar-refractivity contribution is -0.117. The molecule has 0 bridgehead atoms. The summed E-state index contributed by atoms with van der Waals surface area (Å²) in [5.74, 6) is -0.261. The molecular formula is C26H19Cl2N3O3S. The maximum absolute atomic E-state index is 13.6. The monoisotopic (exact) mass is 523 g/mol. The number of hydrogen-bond donors (Lipinski definition) is 1. The fourth-order valence-electron chi connectivity index (χ4n) is 3.57. The van der Waals surface area contributed by atoms with Crippen molar-refractivity contribution in [2.75, 3.05) is 17.3 Å². The van der Waals surface area contributed by atoms with E-state index in [1.807, 2.05) is 12.1 Å². The van der Waals surface area contributed by atoms with Gasteiger partial charge in [0.1, 0.15) is 22.4 Å². The van der Waals surface area contributed by atoms with Crippen LogP contribution in [0.15, 0.2) is 83.4 Å².